The van der Waals surface area contributed by atoms with Crippen LogP contribution in [0.1, 0.15) is 34.1 Å². The van der Waals surface area contributed by atoms with E-state index >= 15 is 0 Å². The van der Waals surface area contributed by atoms with Gasteiger partial charge < -0.3 is 9.80 Å². The van der Waals surface area contributed by atoms with Gasteiger partial charge in [-0.2, -0.15) is 0 Å². The second-order valence-corrected chi connectivity index (χ2v) is 6.98. The van der Waals surface area contributed by atoms with Crippen LogP contribution in [0, 0.1) is 23.7 Å². The summed E-state index contributed by atoms with van der Waals surface area (Å²) in [6.07, 6.45) is 1.33. The number of hydrogen-bond donors (Lipinski definition) is 0. The van der Waals surface area contributed by atoms with E-state index in [4.69, 9.17) is 0 Å². The fraction of sp³-hybridized carbons (Fsp3) is 0.933. The lowest BCUT2D eigenvalue weighted by atomic mass is 9.84. The largest absolute Gasteiger partial charge is 0.342 e. The lowest BCUT2D eigenvalue weighted by Gasteiger charge is -2.46. The van der Waals surface area contributed by atoms with Crippen molar-refractivity contribution in [3.63, 3.8) is 0 Å². The Bertz CT molecular complexity index is 287. The summed E-state index contributed by atoms with van der Waals surface area (Å²) in [7, 11) is 0. The lowest BCUT2D eigenvalue weighted by molar-refractivity contribution is -0.139. The van der Waals surface area contributed by atoms with Crippen LogP contribution < -0.4 is 0 Å². The first-order valence-electron chi connectivity index (χ1n) is 7.46. The van der Waals surface area contributed by atoms with E-state index in [1.165, 1.54) is 26.1 Å². The first-order chi connectivity index (χ1) is 8.45. The van der Waals surface area contributed by atoms with Gasteiger partial charge >= 0.3 is 0 Å². The highest BCUT2D eigenvalue weighted by atomic mass is 16.2. The van der Waals surface area contributed by atoms with E-state index in [0.717, 1.165) is 19.0 Å². The van der Waals surface area contributed by atoms with Crippen molar-refractivity contribution in [2.45, 2.75) is 34.1 Å². The number of likely N-dealkylation sites (tertiary alicyclic amines) is 2. The van der Waals surface area contributed by atoms with E-state index in [-0.39, 0.29) is 5.92 Å². The van der Waals surface area contributed by atoms with Crippen LogP contribution in [0.2, 0.25) is 0 Å². The molecule has 0 aromatic heterocycles. The predicted molar refractivity (Wildman–Crippen MR) is 74.3 cm³/mol. The van der Waals surface area contributed by atoms with E-state index in [2.05, 4.69) is 23.6 Å². The van der Waals surface area contributed by atoms with Gasteiger partial charge in [-0.25, -0.2) is 0 Å². The maximum absolute atomic E-state index is 12.1. The van der Waals surface area contributed by atoms with Crippen molar-refractivity contribution in [3.05, 3.63) is 0 Å². The molecule has 2 aliphatic rings. The second-order valence-electron chi connectivity index (χ2n) is 6.98. The van der Waals surface area contributed by atoms with Gasteiger partial charge in [0.15, 0.2) is 0 Å². The molecule has 3 nitrogen and oxygen atoms in total. The van der Waals surface area contributed by atoms with Crippen LogP contribution >= 0.6 is 0 Å². The average Bonchev–Trinajstić information content (AvgIpc) is 2.25. The molecule has 1 amide bonds. The number of hydrogen-bond acceptors (Lipinski definition) is 2. The van der Waals surface area contributed by atoms with Gasteiger partial charge in [0.2, 0.25) is 5.91 Å². The fourth-order valence-corrected chi connectivity index (χ4v) is 3.60. The maximum Gasteiger partial charge on any atom is 0.225 e. The van der Waals surface area contributed by atoms with Crippen LogP contribution in [-0.4, -0.2) is 48.4 Å². The fourth-order valence-electron chi connectivity index (χ4n) is 3.60. The van der Waals surface area contributed by atoms with Crippen LogP contribution in [-0.2, 0) is 4.79 Å². The Morgan fingerprint density at radius 1 is 1.06 bits per heavy atom. The Balaban J connectivity index is 1.92. The molecule has 0 N–H and O–H groups in total. The van der Waals surface area contributed by atoms with Crippen molar-refractivity contribution < 1.29 is 4.79 Å². The third kappa shape index (κ3) is 3.25. The zero-order valence-corrected chi connectivity index (χ0v) is 12.4. The molecule has 3 heteroatoms. The predicted octanol–water partition coefficient (Wildman–Crippen LogP) is 2.08. The molecular formula is C15H28N2O. The topological polar surface area (TPSA) is 23.6 Å². The summed E-state index contributed by atoms with van der Waals surface area (Å²) in [5.41, 5.74) is 0. The van der Waals surface area contributed by atoms with Crippen LogP contribution in [0.4, 0.5) is 0 Å². The van der Waals surface area contributed by atoms with Crippen molar-refractivity contribution in [1.29, 1.82) is 0 Å². The summed E-state index contributed by atoms with van der Waals surface area (Å²) in [4.78, 5) is 16.8. The van der Waals surface area contributed by atoms with Crippen molar-refractivity contribution >= 4 is 5.91 Å². The number of fused-ring (bicyclic) bond motifs is 2. The number of amides is 1. The Labute approximate surface area is 112 Å². The summed E-state index contributed by atoms with van der Waals surface area (Å²) < 4.78 is 0. The van der Waals surface area contributed by atoms with E-state index in [1.807, 2.05) is 13.8 Å². The van der Waals surface area contributed by atoms with Gasteiger partial charge in [-0.15, -0.1) is 0 Å². The molecule has 0 radical (unpaired) electrons. The van der Waals surface area contributed by atoms with Crippen molar-refractivity contribution in [2.75, 3.05) is 32.7 Å². The third-order valence-corrected chi connectivity index (χ3v) is 4.09. The van der Waals surface area contributed by atoms with Crippen molar-refractivity contribution in [2.24, 2.45) is 23.7 Å². The number of piperidine rings is 2. The monoisotopic (exact) mass is 252 g/mol. The minimum Gasteiger partial charge on any atom is -0.342 e. The molecule has 0 aromatic carbocycles. The molecule has 2 atom stereocenters. The summed E-state index contributed by atoms with van der Waals surface area (Å²) in [6.45, 7) is 14.2. The molecule has 2 aliphatic heterocycles. The van der Waals surface area contributed by atoms with Crippen LogP contribution in [0.15, 0.2) is 0 Å². The summed E-state index contributed by atoms with van der Waals surface area (Å²) in [5, 5.41) is 0. The standard InChI is InChI=1S/C15H28N2O/c1-11(2)6-16-7-13-5-14(8-16)10-17(9-13)15(18)12(3)4/h11-14H,5-10H2,1-4H3. The van der Waals surface area contributed by atoms with E-state index in [9.17, 15) is 4.79 Å². The zero-order chi connectivity index (χ0) is 13.3. The highest BCUT2D eigenvalue weighted by Crippen LogP contribution is 2.29. The summed E-state index contributed by atoms with van der Waals surface area (Å²) in [5.74, 6) is 2.66. The number of carbonyl (C=O) groups is 1. The molecule has 0 aliphatic carbocycles. The maximum atomic E-state index is 12.1. The highest BCUT2D eigenvalue weighted by Gasteiger charge is 2.36. The lowest BCUT2D eigenvalue weighted by Crippen LogP contribution is -2.55. The number of nitrogens with zero attached hydrogens (tertiary/aromatic N) is 2. The normalized spacial score (nSPS) is 29.1. The summed E-state index contributed by atoms with van der Waals surface area (Å²) >= 11 is 0. The Morgan fingerprint density at radius 2 is 1.61 bits per heavy atom. The summed E-state index contributed by atoms with van der Waals surface area (Å²) in [6, 6.07) is 0. The molecule has 2 saturated heterocycles. The third-order valence-electron chi connectivity index (χ3n) is 4.09. The number of rotatable bonds is 3. The molecule has 2 unspecified atom stereocenters. The van der Waals surface area contributed by atoms with E-state index < -0.39 is 0 Å². The van der Waals surface area contributed by atoms with Crippen molar-refractivity contribution in [1.82, 2.24) is 9.80 Å². The second kappa shape index (κ2) is 5.60. The Hall–Kier alpha value is -0.570. The van der Waals surface area contributed by atoms with Crippen molar-refractivity contribution in [3.8, 4) is 0 Å². The van der Waals surface area contributed by atoms with Gasteiger partial charge in [0.25, 0.3) is 0 Å². The molecule has 2 heterocycles. The van der Waals surface area contributed by atoms with Gasteiger partial charge in [-0.1, -0.05) is 27.7 Å². The molecule has 0 spiro atoms. The van der Waals surface area contributed by atoms with Gasteiger partial charge in [0.1, 0.15) is 0 Å². The van der Waals surface area contributed by atoms with Gasteiger partial charge in [-0.3, -0.25) is 4.79 Å². The van der Waals surface area contributed by atoms with Gasteiger partial charge in [0.05, 0.1) is 0 Å². The van der Waals surface area contributed by atoms with Crippen LogP contribution in [0.5, 0.6) is 0 Å². The zero-order valence-electron chi connectivity index (χ0n) is 12.4. The SMILES string of the molecule is CC(C)CN1CC2CC(C1)CN(C(=O)C(C)C)C2. The molecule has 104 valence electrons. The van der Waals surface area contributed by atoms with E-state index in [1.54, 1.807) is 0 Å². The first-order valence-corrected chi connectivity index (χ1v) is 7.46. The first kappa shape index (κ1) is 13.9. The molecule has 0 saturated carbocycles. The minimum absolute atomic E-state index is 0.149. The van der Waals surface area contributed by atoms with Crippen LogP contribution in [0.25, 0.3) is 0 Å². The number of carbonyl (C=O) groups excluding carboxylic acids is 1. The Morgan fingerprint density at radius 3 is 2.06 bits per heavy atom. The molecule has 18 heavy (non-hydrogen) atoms. The quantitative estimate of drug-likeness (QED) is 0.768. The van der Waals surface area contributed by atoms with Crippen LogP contribution in [0.3, 0.4) is 0 Å². The molecule has 0 aromatic rings. The molecule has 2 rings (SSSR count). The molecule has 2 fully saturated rings. The molecular weight excluding hydrogens is 224 g/mol. The molecule has 2 bridgehead atoms. The van der Waals surface area contributed by atoms with Gasteiger partial charge in [0, 0.05) is 38.6 Å². The Kier molecular flexibility index (Phi) is 4.31. The smallest absolute Gasteiger partial charge is 0.225 e. The average molecular weight is 252 g/mol. The van der Waals surface area contributed by atoms with E-state index in [0.29, 0.717) is 17.7 Å². The minimum atomic E-state index is 0.149. The highest BCUT2D eigenvalue weighted by molar-refractivity contribution is 5.78. The van der Waals surface area contributed by atoms with Gasteiger partial charge in [-0.05, 0) is 24.2 Å².